The first-order chi connectivity index (χ1) is 8.74. The molecule has 19 heavy (non-hydrogen) atoms. The molecule has 0 aromatic rings. The Labute approximate surface area is 115 Å². The first kappa shape index (κ1) is 16.0. The van der Waals surface area contributed by atoms with Crippen LogP contribution in [0, 0.1) is 24.2 Å². The van der Waals surface area contributed by atoms with Gasteiger partial charge in [-0.05, 0) is 18.3 Å². The highest BCUT2D eigenvalue weighted by Crippen LogP contribution is 2.40. The molecule has 1 rings (SSSR count). The summed E-state index contributed by atoms with van der Waals surface area (Å²) < 4.78 is 11.2. The number of carbonyl (C=O) groups is 1. The molecule has 0 aromatic heterocycles. The van der Waals surface area contributed by atoms with E-state index in [2.05, 4.69) is 5.92 Å². The van der Waals surface area contributed by atoms with Gasteiger partial charge in [0, 0.05) is 6.92 Å². The molecule has 0 amide bonds. The van der Waals surface area contributed by atoms with E-state index in [-0.39, 0.29) is 5.92 Å². The molecule has 1 heterocycles. The van der Waals surface area contributed by atoms with Crippen LogP contribution in [0.3, 0.4) is 0 Å². The first-order valence-electron chi connectivity index (χ1n) is 6.75. The lowest BCUT2D eigenvalue weighted by molar-refractivity contribution is -0.164. The highest BCUT2D eigenvalue weighted by molar-refractivity contribution is 5.67. The van der Waals surface area contributed by atoms with Gasteiger partial charge in [-0.3, -0.25) is 4.79 Å². The predicted molar refractivity (Wildman–Crippen MR) is 72.3 cm³/mol. The summed E-state index contributed by atoms with van der Waals surface area (Å²) in [6.07, 6.45) is 4.36. The van der Waals surface area contributed by atoms with Gasteiger partial charge < -0.3 is 14.6 Å². The number of rotatable bonds is 4. The van der Waals surface area contributed by atoms with Crippen molar-refractivity contribution in [3.63, 3.8) is 0 Å². The van der Waals surface area contributed by atoms with Crippen LogP contribution in [0.5, 0.6) is 0 Å². The number of aliphatic hydroxyl groups excluding tert-OH is 1. The van der Waals surface area contributed by atoms with Crippen molar-refractivity contribution < 1.29 is 19.4 Å². The lowest BCUT2D eigenvalue weighted by Crippen LogP contribution is -2.52. The van der Waals surface area contributed by atoms with E-state index >= 15 is 0 Å². The van der Waals surface area contributed by atoms with Crippen LogP contribution in [0.2, 0.25) is 0 Å². The summed E-state index contributed by atoms with van der Waals surface area (Å²) in [7, 11) is 0. The topological polar surface area (TPSA) is 55.8 Å². The van der Waals surface area contributed by atoms with Crippen LogP contribution in [-0.2, 0) is 14.3 Å². The predicted octanol–water partition coefficient (Wildman–Crippen LogP) is 1.75. The molecule has 0 saturated carbocycles. The largest absolute Gasteiger partial charge is 0.440 e. The van der Waals surface area contributed by atoms with Crippen LogP contribution in [0.1, 0.15) is 41.0 Å². The minimum Gasteiger partial charge on any atom is -0.440 e. The van der Waals surface area contributed by atoms with E-state index in [1.165, 1.54) is 6.92 Å². The number of carbonyl (C=O) groups excluding carboxylic acids is 1. The minimum absolute atomic E-state index is 0.0437. The van der Waals surface area contributed by atoms with Crippen molar-refractivity contribution in [3.8, 4) is 12.3 Å². The highest BCUT2D eigenvalue weighted by atomic mass is 16.6. The first-order valence-corrected chi connectivity index (χ1v) is 6.75. The van der Waals surface area contributed by atoms with Gasteiger partial charge in [0.05, 0.1) is 6.10 Å². The molecule has 108 valence electrons. The molecule has 0 unspecified atom stereocenters. The fraction of sp³-hybridized carbons (Fsp3) is 0.800. The Kier molecular flexibility index (Phi) is 5.00. The molecule has 1 fully saturated rings. The van der Waals surface area contributed by atoms with Gasteiger partial charge in [-0.25, -0.2) is 0 Å². The molecule has 0 aliphatic carbocycles. The Morgan fingerprint density at radius 1 is 1.47 bits per heavy atom. The average Bonchev–Trinajstić information content (AvgIpc) is 2.53. The van der Waals surface area contributed by atoms with Crippen molar-refractivity contribution in [1.82, 2.24) is 0 Å². The maximum Gasteiger partial charge on any atom is 0.304 e. The molecule has 4 nitrogen and oxygen atoms in total. The summed E-state index contributed by atoms with van der Waals surface area (Å²) in [5.74, 6) is 2.38. The van der Waals surface area contributed by atoms with Crippen LogP contribution >= 0.6 is 0 Å². The van der Waals surface area contributed by atoms with Crippen molar-refractivity contribution >= 4 is 5.97 Å². The monoisotopic (exact) mass is 268 g/mol. The molecule has 4 heteroatoms. The summed E-state index contributed by atoms with van der Waals surface area (Å²) in [4.78, 5) is 11.3. The number of terminal acetylenes is 1. The molecule has 0 aromatic carbocycles. The fourth-order valence-electron chi connectivity index (χ4n) is 2.66. The Balaban J connectivity index is 3.09. The standard InChI is InChI=1S/C15H24O4/c1-7-15(19-11(6)16)13(17)12(8-9(2)3)18-14(15)10(4)5/h1,9-10,12-14,17H,8H2,2-6H3/t12-,13-,14+,15-/m1/s1. The molecule has 0 bridgehead atoms. The lowest BCUT2D eigenvalue weighted by atomic mass is 9.84. The Hall–Kier alpha value is -1.05. The van der Waals surface area contributed by atoms with Crippen LogP contribution < -0.4 is 0 Å². The van der Waals surface area contributed by atoms with Crippen LogP contribution in [0.25, 0.3) is 0 Å². The normalized spacial score (nSPS) is 34.6. The van der Waals surface area contributed by atoms with E-state index in [1.807, 2.05) is 27.7 Å². The van der Waals surface area contributed by atoms with Gasteiger partial charge in [0.1, 0.15) is 12.2 Å². The second kappa shape index (κ2) is 5.94. The highest BCUT2D eigenvalue weighted by Gasteiger charge is 2.58. The van der Waals surface area contributed by atoms with E-state index in [9.17, 15) is 9.90 Å². The third-order valence-electron chi connectivity index (χ3n) is 3.38. The molecule has 1 saturated heterocycles. The smallest absolute Gasteiger partial charge is 0.304 e. The van der Waals surface area contributed by atoms with Crippen molar-refractivity contribution in [2.45, 2.75) is 65.0 Å². The molecule has 1 aliphatic rings. The lowest BCUT2D eigenvalue weighted by Gasteiger charge is -2.32. The average molecular weight is 268 g/mol. The van der Waals surface area contributed by atoms with E-state index in [1.54, 1.807) is 0 Å². The zero-order chi connectivity index (χ0) is 14.8. The molecule has 0 spiro atoms. The van der Waals surface area contributed by atoms with E-state index in [4.69, 9.17) is 15.9 Å². The zero-order valence-corrected chi connectivity index (χ0v) is 12.3. The van der Waals surface area contributed by atoms with Crippen molar-refractivity contribution in [3.05, 3.63) is 0 Å². The Bertz CT molecular complexity index is 369. The van der Waals surface area contributed by atoms with Crippen molar-refractivity contribution in [1.29, 1.82) is 0 Å². The molecule has 1 aliphatic heterocycles. The molecule has 4 atom stereocenters. The van der Waals surface area contributed by atoms with Crippen LogP contribution in [-0.4, -0.2) is 35.0 Å². The second-order valence-electron chi connectivity index (χ2n) is 5.94. The quantitative estimate of drug-likeness (QED) is 0.623. The Morgan fingerprint density at radius 2 is 2.05 bits per heavy atom. The van der Waals surface area contributed by atoms with Gasteiger partial charge in [-0.2, -0.15) is 0 Å². The van der Waals surface area contributed by atoms with Gasteiger partial charge in [0.25, 0.3) is 0 Å². The number of ether oxygens (including phenoxy) is 2. The molecular weight excluding hydrogens is 244 g/mol. The van der Waals surface area contributed by atoms with Crippen LogP contribution in [0.4, 0.5) is 0 Å². The fourth-order valence-corrected chi connectivity index (χ4v) is 2.66. The molecule has 1 N–H and O–H groups in total. The van der Waals surface area contributed by atoms with E-state index < -0.39 is 29.9 Å². The van der Waals surface area contributed by atoms with Gasteiger partial charge in [-0.1, -0.05) is 33.6 Å². The molecular formula is C15H24O4. The summed E-state index contributed by atoms with van der Waals surface area (Å²) in [5.41, 5.74) is -1.38. The van der Waals surface area contributed by atoms with Crippen LogP contribution in [0.15, 0.2) is 0 Å². The van der Waals surface area contributed by atoms with E-state index in [0.29, 0.717) is 12.3 Å². The number of hydrogen-bond acceptors (Lipinski definition) is 4. The van der Waals surface area contributed by atoms with Crippen molar-refractivity contribution in [2.75, 3.05) is 0 Å². The number of esters is 1. The third kappa shape index (κ3) is 3.10. The summed E-state index contributed by atoms with van der Waals surface area (Å²) >= 11 is 0. The summed E-state index contributed by atoms with van der Waals surface area (Å²) in [6.45, 7) is 9.25. The minimum atomic E-state index is -1.38. The summed E-state index contributed by atoms with van der Waals surface area (Å²) in [5, 5.41) is 10.5. The van der Waals surface area contributed by atoms with Gasteiger partial charge in [0.15, 0.2) is 0 Å². The number of aliphatic hydroxyl groups is 1. The summed E-state index contributed by atoms with van der Waals surface area (Å²) in [6, 6.07) is 0. The second-order valence-corrected chi connectivity index (χ2v) is 5.94. The van der Waals surface area contributed by atoms with Gasteiger partial charge >= 0.3 is 5.97 Å². The molecule has 0 radical (unpaired) electrons. The van der Waals surface area contributed by atoms with Crippen molar-refractivity contribution in [2.24, 2.45) is 11.8 Å². The number of hydrogen-bond donors (Lipinski definition) is 1. The SMILES string of the molecule is C#C[C@@]1(OC(C)=O)[C@H](O)[C@@H](CC(C)C)O[C@H]1C(C)C. The van der Waals surface area contributed by atoms with Gasteiger partial charge in [0.2, 0.25) is 5.60 Å². The zero-order valence-electron chi connectivity index (χ0n) is 12.3. The Morgan fingerprint density at radius 3 is 2.42 bits per heavy atom. The van der Waals surface area contributed by atoms with E-state index in [0.717, 1.165) is 0 Å². The van der Waals surface area contributed by atoms with Gasteiger partial charge in [-0.15, -0.1) is 6.42 Å². The maximum absolute atomic E-state index is 11.3. The maximum atomic E-state index is 11.3. The third-order valence-corrected chi connectivity index (χ3v) is 3.38.